The normalized spacial score (nSPS) is 12.5. The summed E-state index contributed by atoms with van der Waals surface area (Å²) < 4.78 is 0. The van der Waals surface area contributed by atoms with Crippen molar-refractivity contribution < 1.29 is 4.79 Å². The van der Waals surface area contributed by atoms with E-state index < -0.39 is 0 Å². The van der Waals surface area contributed by atoms with Gasteiger partial charge < -0.3 is 0 Å². The third kappa shape index (κ3) is 4.38. The third-order valence-corrected chi connectivity index (χ3v) is 1.11. The van der Waals surface area contributed by atoms with Crippen molar-refractivity contribution in [3.63, 3.8) is 0 Å². The first-order chi connectivity index (χ1) is 4.87. The molecule has 0 aliphatic rings. The quantitative estimate of drug-likeness (QED) is 0.413. The molecule has 0 heterocycles. The van der Waals surface area contributed by atoms with Gasteiger partial charge in [0.25, 0.3) is 0 Å². The van der Waals surface area contributed by atoms with Crippen molar-refractivity contribution >= 4 is 5.78 Å². The van der Waals surface area contributed by atoms with Crippen LogP contribution in [0.5, 0.6) is 0 Å². The number of terminal acetylenes is 1. The Kier molecular flexibility index (Phi) is 3.07. The number of carbonyl (C=O) groups is 1. The molecule has 0 unspecified atom stereocenters. The second-order valence-corrected chi connectivity index (χ2v) is 3.62. The molecule has 0 saturated heterocycles. The maximum atomic E-state index is 10.8. The van der Waals surface area contributed by atoms with Crippen LogP contribution in [0.25, 0.3) is 0 Å². The van der Waals surface area contributed by atoms with E-state index in [0.717, 1.165) is 0 Å². The molecule has 11 heavy (non-hydrogen) atoms. The van der Waals surface area contributed by atoms with Crippen LogP contribution in [0.15, 0.2) is 11.6 Å². The lowest BCUT2D eigenvalue weighted by Gasteiger charge is -2.12. The molecule has 0 saturated carbocycles. The Morgan fingerprint density at radius 1 is 1.45 bits per heavy atom. The summed E-state index contributed by atoms with van der Waals surface area (Å²) in [6.07, 6.45) is 6.96. The van der Waals surface area contributed by atoms with Crippen molar-refractivity contribution in [2.24, 2.45) is 5.41 Å². The predicted octanol–water partition coefficient (Wildman–Crippen LogP) is 2.18. The number of hydrogen-bond acceptors (Lipinski definition) is 1. The number of allylic oxidation sites excluding steroid dienone is 2. The Labute approximate surface area is 68.5 Å². The molecule has 0 bridgehead atoms. The van der Waals surface area contributed by atoms with Crippen LogP contribution in [-0.4, -0.2) is 5.78 Å². The van der Waals surface area contributed by atoms with Crippen molar-refractivity contribution in [2.45, 2.75) is 27.7 Å². The highest BCUT2D eigenvalue weighted by Gasteiger charge is 2.09. The highest BCUT2D eigenvalue weighted by Crippen LogP contribution is 2.17. The second-order valence-electron chi connectivity index (χ2n) is 3.62. The zero-order valence-electron chi connectivity index (χ0n) is 7.56. The van der Waals surface area contributed by atoms with E-state index >= 15 is 0 Å². The molecule has 0 N–H and O–H groups in total. The lowest BCUT2D eigenvalue weighted by molar-refractivity contribution is -0.113. The Bertz CT molecular complexity index is 220. The molecule has 0 rings (SSSR count). The molecular weight excluding hydrogens is 136 g/mol. The van der Waals surface area contributed by atoms with E-state index in [2.05, 4.69) is 5.92 Å². The number of hydrogen-bond donors (Lipinski definition) is 0. The van der Waals surface area contributed by atoms with Crippen LogP contribution in [0.4, 0.5) is 0 Å². The van der Waals surface area contributed by atoms with Crippen molar-refractivity contribution in [3.8, 4) is 12.3 Å². The van der Waals surface area contributed by atoms with Crippen molar-refractivity contribution in [1.29, 1.82) is 0 Å². The summed E-state index contributed by atoms with van der Waals surface area (Å²) >= 11 is 0. The largest absolute Gasteiger partial charge is 0.294 e. The minimum Gasteiger partial charge on any atom is -0.294 e. The van der Waals surface area contributed by atoms with Gasteiger partial charge in [0.1, 0.15) is 0 Å². The molecule has 0 aromatic rings. The minimum atomic E-state index is -0.0394. The molecule has 0 aliphatic heterocycles. The van der Waals surface area contributed by atoms with E-state index in [-0.39, 0.29) is 11.2 Å². The highest BCUT2D eigenvalue weighted by atomic mass is 16.1. The smallest absolute Gasteiger partial charge is 0.167 e. The molecule has 0 atom stereocenters. The number of ketones is 1. The summed E-state index contributed by atoms with van der Waals surface area (Å²) in [5, 5.41) is 0. The summed E-state index contributed by atoms with van der Waals surface area (Å²) in [5.74, 6) is 2.33. The molecule has 0 aromatic carbocycles. The molecule has 1 heteroatoms. The van der Waals surface area contributed by atoms with Crippen molar-refractivity contribution in [3.05, 3.63) is 11.6 Å². The molecule has 0 amide bonds. The van der Waals surface area contributed by atoms with Gasteiger partial charge in [0.15, 0.2) is 5.78 Å². The van der Waals surface area contributed by atoms with Gasteiger partial charge in [-0.25, -0.2) is 0 Å². The predicted molar refractivity (Wildman–Crippen MR) is 47.1 cm³/mol. The van der Waals surface area contributed by atoms with Crippen molar-refractivity contribution in [1.82, 2.24) is 0 Å². The zero-order valence-corrected chi connectivity index (χ0v) is 7.56. The van der Waals surface area contributed by atoms with Gasteiger partial charge in [0.2, 0.25) is 0 Å². The van der Waals surface area contributed by atoms with Crippen LogP contribution in [0.2, 0.25) is 0 Å². The van der Waals surface area contributed by atoms with Gasteiger partial charge >= 0.3 is 0 Å². The number of carbonyl (C=O) groups excluding carboxylic acids is 1. The summed E-state index contributed by atoms with van der Waals surface area (Å²) in [6, 6.07) is 0. The monoisotopic (exact) mass is 150 g/mol. The summed E-state index contributed by atoms with van der Waals surface area (Å²) in [7, 11) is 0. The molecule has 1 nitrogen and oxygen atoms in total. The van der Waals surface area contributed by atoms with E-state index in [1.807, 2.05) is 26.8 Å². The highest BCUT2D eigenvalue weighted by molar-refractivity contribution is 5.97. The average molecular weight is 150 g/mol. The lowest BCUT2D eigenvalue weighted by atomic mass is 9.93. The lowest BCUT2D eigenvalue weighted by Crippen LogP contribution is -2.04. The van der Waals surface area contributed by atoms with Gasteiger partial charge in [-0.05, 0) is 12.3 Å². The number of Topliss-reactive ketones (excluding diaryl/α,β-unsaturated/α-hetero) is 1. The van der Waals surface area contributed by atoms with Crippen molar-refractivity contribution in [2.75, 3.05) is 0 Å². The Balaban J connectivity index is 4.68. The average Bonchev–Trinajstić information content (AvgIpc) is 1.80. The fourth-order valence-electron chi connectivity index (χ4n) is 0.678. The molecule has 0 aliphatic carbocycles. The van der Waals surface area contributed by atoms with Crippen LogP contribution in [0.3, 0.4) is 0 Å². The van der Waals surface area contributed by atoms with Crippen LogP contribution >= 0.6 is 0 Å². The third-order valence-electron chi connectivity index (χ3n) is 1.11. The van der Waals surface area contributed by atoms with Crippen LogP contribution in [-0.2, 0) is 4.79 Å². The Morgan fingerprint density at radius 3 is 2.00 bits per heavy atom. The SMILES string of the molecule is C#C/C(=C\C(C)(C)C)C(C)=O. The first-order valence-electron chi connectivity index (χ1n) is 3.57. The molecular formula is C10H14O. The standard InChI is InChI=1S/C10H14O/c1-6-9(8(2)11)7-10(3,4)5/h1,7H,2-5H3/b9-7+. The van der Waals surface area contributed by atoms with E-state index in [9.17, 15) is 4.79 Å². The van der Waals surface area contributed by atoms with E-state index in [1.54, 1.807) is 0 Å². The first-order valence-corrected chi connectivity index (χ1v) is 3.57. The van der Waals surface area contributed by atoms with Crippen LogP contribution in [0, 0.1) is 17.8 Å². The number of rotatable bonds is 1. The van der Waals surface area contributed by atoms with Gasteiger partial charge in [-0.1, -0.05) is 32.8 Å². The van der Waals surface area contributed by atoms with Gasteiger partial charge in [0.05, 0.1) is 5.57 Å². The van der Waals surface area contributed by atoms with Gasteiger partial charge in [0, 0.05) is 0 Å². The fourth-order valence-corrected chi connectivity index (χ4v) is 0.678. The molecule has 0 fully saturated rings. The van der Waals surface area contributed by atoms with Gasteiger partial charge in [-0.15, -0.1) is 6.42 Å². The topological polar surface area (TPSA) is 17.1 Å². The maximum absolute atomic E-state index is 10.8. The first kappa shape index (κ1) is 9.97. The van der Waals surface area contributed by atoms with Crippen LogP contribution in [0.1, 0.15) is 27.7 Å². The van der Waals surface area contributed by atoms with Gasteiger partial charge in [-0.3, -0.25) is 4.79 Å². The Hall–Kier alpha value is -1.03. The second kappa shape index (κ2) is 3.39. The summed E-state index contributed by atoms with van der Waals surface area (Å²) in [5.41, 5.74) is 0.449. The molecule has 0 radical (unpaired) electrons. The fraction of sp³-hybridized carbons (Fsp3) is 0.500. The zero-order chi connectivity index (χ0) is 9.07. The summed E-state index contributed by atoms with van der Waals surface area (Å²) in [6.45, 7) is 7.51. The van der Waals surface area contributed by atoms with Gasteiger partial charge in [-0.2, -0.15) is 0 Å². The molecule has 60 valence electrons. The Morgan fingerprint density at radius 2 is 1.91 bits per heavy atom. The molecule has 0 spiro atoms. The maximum Gasteiger partial charge on any atom is 0.167 e. The molecule has 0 aromatic heterocycles. The van der Waals surface area contributed by atoms with E-state index in [1.165, 1.54) is 6.92 Å². The minimum absolute atomic E-state index is 0.0205. The van der Waals surface area contributed by atoms with E-state index in [0.29, 0.717) is 5.57 Å². The summed E-state index contributed by atoms with van der Waals surface area (Å²) in [4.78, 5) is 10.8. The van der Waals surface area contributed by atoms with Crippen LogP contribution < -0.4 is 0 Å². The van der Waals surface area contributed by atoms with E-state index in [4.69, 9.17) is 6.42 Å².